The van der Waals surface area contributed by atoms with E-state index in [0.29, 0.717) is 12.2 Å². The van der Waals surface area contributed by atoms with Crippen LogP contribution >= 0.6 is 0 Å². The fourth-order valence-electron chi connectivity index (χ4n) is 2.05. The zero-order valence-electron chi connectivity index (χ0n) is 13.0. The predicted octanol–water partition coefficient (Wildman–Crippen LogP) is 1.65. The van der Waals surface area contributed by atoms with Crippen LogP contribution in [0.25, 0.3) is 5.69 Å². The van der Waals surface area contributed by atoms with Crippen LogP contribution in [0, 0.1) is 0 Å². The molecule has 6 nitrogen and oxygen atoms in total. The molecule has 0 aliphatic carbocycles. The number of halogens is 3. The van der Waals surface area contributed by atoms with Gasteiger partial charge in [0.2, 0.25) is 0 Å². The zero-order chi connectivity index (χ0) is 17.7. The smallest absolute Gasteiger partial charge is 0.338 e. The van der Waals surface area contributed by atoms with E-state index in [1.54, 1.807) is 24.3 Å². The lowest BCUT2D eigenvalue weighted by molar-refractivity contribution is -0.141. The third-order valence-electron chi connectivity index (χ3n) is 3.25. The van der Waals surface area contributed by atoms with Crippen LogP contribution in [-0.4, -0.2) is 28.9 Å². The van der Waals surface area contributed by atoms with Crippen molar-refractivity contribution < 1.29 is 18.0 Å². The first-order chi connectivity index (χ1) is 11.4. The highest BCUT2D eigenvalue weighted by Gasteiger charge is 2.36. The standard InChI is InChI=1S/C15H18F3N5O/c1-2-20-9-21-14(24)12-7-13(15(16,17)18)22-23(12)11-5-3-4-10(6-11)8-19/h3-7,20H,2,8-9,19H2,1H3,(H,21,24). The van der Waals surface area contributed by atoms with Crippen LogP contribution in [0.5, 0.6) is 0 Å². The molecule has 0 spiro atoms. The van der Waals surface area contributed by atoms with Gasteiger partial charge in [-0.25, -0.2) is 4.68 Å². The molecular formula is C15H18F3N5O. The first-order valence-electron chi connectivity index (χ1n) is 7.32. The number of nitrogens with two attached hydrogens (primary N) is 1. The van der Waals surface area contributed by atoms with E-state index in [9.17, 15) is 18.0 Å². The highest BCUT2D eigenvalue weighted by Crippen LogP contribution is 2.29. The molecule has 2 aromatic rings. The molecule has 0 aliphatic rings. The van der Waals surface area contributed by atoms with Crippen LogP contribution in [0.4, 0.5) is 13.2 Å². The van der Waals surface area contributed by atoms with Gasteiger partial charge in [-0.1, -0.05) is 19.1 Å². The minimum Gasteiger partial charge on any atom is -0.338 e. The Morgan fingerprint density at radius 3 is 2.71 bits per heavy atom. The van der Waals surface area contributed by atoms with Gasteiger partial charge < -0.3 is 16.4 Å². The summed E-state index contributed by atoms with van der Waals surface area (Å²) >= 11 is 0. The van der Waals surface area contributed by atoms with Crippen molar-refractivity contribution >= 4 is 5.91 Å². The number of rotatable bonds is 6. The van der Waals surface area contributed by atoms with E-state index in [4.69, 9.17) is 5.73 Å². The third-order valence-corrected chi connectivity index (χ3v) is 3.25. The molecule has 0 unspecified atom stereocenters. The van der Waals surface area contributed by atoms with Crippen molar-refractivity contribution in [1.29, 1.82) is 0 Å². The van der Waals surface area contributed by atoms with Crippen LogP contribution in [0.15, 0.2) is 30.3 Å². The zero-order valence-corrected chi connectivity index (χ0v) is 13.0. The molecule has 2 rings (SSSR count). The summed E-state index contributed by atoms with van der Waals surface area (Å²) in [6, 6.07) is 7.27. The second kappa shape index (κ2) is 7.45. The molecule has 0 bridgehead atoms. The minimum absolute atomic E-state index is 0.144. The topological polar surface area (TPSA) is 85.0 Å². The summed E-state index contributed by atoms with van der Waals surface area (Å²) in [7, 11) is 0. The van der Waals surface area contributed by atoms with Crippen molar-refractivity contribution in [2.75, 3.05) is 13.2 Å². The Bertz CT molecular complexity index is 711. The van der Waals surface area contributed by atoms with Gasteiger partial charge >= 0.3 is 6.18 Å². The van der Waals surface area contributed by atoms with Crippen molar-refractivity contribution in [3.05, 3.63) is 47.3 Å². The lowest BCUT2D eigenvalue weighted by atomic mass is 10.2. The van der Waals surface area contributed by atoms with E-state index in [1.807, 2.05) is 6.92 Å². The van der Waals surface area contributed by atoms with E-state index in [1.165, 1.54) is 0 Å². The van der Waals surface area contributed by atoms with Crippen LogP contribution in [-0.2, 0) is 12.7 Å². The van der Waals surface area contributed by atoms with E-state index in [2.05, 4.69) is 15.7 Å². The van der Waals surface area contributed by atoms with Crippen molar-refractivity contribution in [1.82, 2.24) is 20.4 Å². The Morgan fingerprint density at radius 1 is 1.33 bits per heavy atom. The molecule has 9 heteroatoms. The van der Waals surface area contributed by atoms with Gasteiger partial charge in [0.15, 0.2) is 5.69 Å². The van der Waals surface area contributed by atoms with Crippen LogP contribution < -0.4 is 16.4 Å². The number of amides is 1. The van der Waals surface area contributed by atoms with Gasteiger partial charge in [0, 0.05) is 12.6 Å². The molecule has 1 heterocycles. The Morgan fingerprint density at radius 2 is 2.08 bits per heavy atom. The number of aromatic nitrogens is 2. The van der Waals surface area contributed by atoms with Crippen LogP contribution in [0.1, 0.15) is 28.7 Å². The predicted molar refractivity (Wildman–Crippen MR) is 82.5 cm³/mol. The van der Waals surface area contributed by atoms with Gasteiger partial charge in [0.1, 0.15) is 5.69 Å². The quantitative estimate of drug-likeness (QED) is 0.551. The maximum Gasteiger partial charge on any atom is 0.435 e. The number of nitrogens with one attached hydrogen (secondary N) is 2. The highest BCUT2D eigenvalue weighted by atomic mass is 19.4. The molecule has 1 amide bonds. The summed E-state index contributed by atoms with van der Waals surface area (Å²) in [4.78, 5) is 12.2. The largest absolute Gasteiger partial charge is 0.435 e. The molecule has 0 fully saturated rings. The lowest BCUT2D eigenvalue weighted by Gasteiger charge is -2.09. The Balaban J connectivity index is 2.44. The van der Waals surface area contributed by atoms with E-state index >= 15 is 0 Å². The average molecular weight is 341 g/mol. The molecular weight excluding hydrogens is 323 g/mol. The molecule has 4 N–H and O–H groups in total. The maximum absolute atomic E-state index is 13.0. The molecule has 24 heavy (non-hydrogen) atoms. The van der Waals surface area contributed by atoms with Gasteiger partial charge in [-0.2, -0.15) is 18.3 Å². The summed E-state index contributed by atoms with van der Waals surface area (Å²) in [5.74, 6) is -0.655. The Labute approximate surface area is 136 Å². The SMILES string of the molecule is CCNCNC(=O)c1cc(C(F)(F)F)nn1-c1cccc(CN)c1. The highest BCUT2D eigenvalue weighted by molar-refractivity contribution is 5.93. The number of hydrogen-bond donors (Lipinski definition) is 3. The van der Waals surface area contributed by atoms with Crippen LogP contribution in [0.3, 0.4) is 0 Å². The number of carbonyl (C=O) groups is 1. The summed E-state index contributed by atoms with van der Waals surface area (Å²) < 4.78 is 39.9. The average Bonchev–Trinajstić information content (AvgIpc) is 3.00. The number of hydrogen-bond acceptors (Lipinski definition) is 4. The third kappa shape index (κ3) is 4.12. The number of alkyl halides is 3. The Kier molecular flexibility index (Phi) is 5.58. The van der Waals surface area contributed by atoms with Gasteiger partial charge in [-0.05, 0) is 24.2 Å². The fraction of sp³-hybridized carbons (Fsp3) is 0.333. The van der Waals surface area contributed by atoms with Crippen molar-refractivity contribution in [3.63, 3.8) is 0 Å². The maximum atomic E-state index is 13.0. The van der Waals surface area contributed by atoms with Gasteiger partial charge in [0.25, 0.3) is 5.91 Å². The monoisotopic (exact) mass is 341 g/mol. The van der Waals surface area contributed by atoms with Crippen molar-refractivity contribution in [2.24, 2.45) is 5.73 Å². The molecule has 1 aromatic heterocycles. The first-order valence-corrected chi connectivity index (χ1v) is 7.32. The van der Waals surface area contributed by atoms with Crippen molar-refractivity contribution in [2.45, 2.75) is 19.6 Å². The first kappa shape index (κ1) is 18.0. The second-order valence-electron chi connectivity index (χ2n) is 4.98. The van der Waals surface area contributed by atoms with E-state index < -0.39 is 17.8 Å². The van der Waals surface area contributed by atoms with Crippen LogP contribution in [0.2, 0.25) is 0 Å². The molecule has 130 valence electrons. The second-order valence-corrected chi connectivity index (χ2v) is 4.98. The number of benzene rings is 1. The lowest BCUT2D eigenvalue weighted by Crippen LogP contribution is -2.34. The van der Waals surface area contributed by atoms with Gasteiger partial charge in [-0.15, -0.1) is 0 Å². The number of nitrogens with zero attached hydrogens (tertiary/aromatic N) is 2. The summed E-state index contributed by atoms with van der Waals surface area (Å²) in [5, 5.41) is 8.91. The number of carbonyl (C=O) groups excluding carboxylic acids is 1. The van der Waals surface area contributed by atoms with Gasteiger partial charge in [0.05, 0.1) is 12.4 Å². The Hall–Kier alpha value is -2.39. The molecule has 0 atom stereocenters. The normalized spacial score (nSPS) is 11.5. The summed E-state index contributed by atoms with van der Waals surface area (Å²) in [6.07, 6.45) is -4.65. The summed E-state index contributed by atoms with van der Waals surface area (Å²) in [5.41, 5.74) is 5.28. The van der Waals surface area contributed by atoms with Gasteiger partial charge in [-0.3, -0.25) is 4.79 Å². The minimum atomic E-state index is -4.65. The molecule has 0 radical (unpaired) electrons. The van der Waals surface area contributed by atoms with Crippen molar-refractivity contribution in [3.8, 4) is 5.69 Å². The summed E-state index contributed by atoms with van der Waals surface area (Å²) in [6.45, 7) is 2.83. The molecule has 0 saturated heterocycles. The molecule has 0 aliphatic heterocycles. The fourth-order valence-corrected chi connectivity index (χ4v) is 2.05. The van der Waals surface area contributed by atoms with E-state index in [0.717, 1.165) is 16.3 Å². The van der Waals surface area contributed by atoms with E-state index in [-0.39, 0.29) is 18.9 Å². The molecule has 1 aromatic carbocycles. The molecule has 0 saturated carbocycles.